The molecular formula is C15H18N4O3. The molecule has 2 aromatic rings. The van der Waals surface area contributed by atoms with Gasteiger partial charge in [0.2, 0.25) is 5.95 Å². The maximum atomic E-state index is 11.4. The molecule has 0 aliphatic heterocycles. The third kappa shape index (κ3) is 3.63. The number of imidazole rings is 1. The number of carbonyl (C=O) groups is 1. The van der Waals surface area contributed by atoms with Crippen LogP contribution in [0.15, 0.2) is 29.5 Å². The topological polar surface area (TPSA) is 91.7 Å². The molecule has 1 aromatic carbocycles. The second kappa shape index (κ2) is 6.75. The lowest BCUT2D eigenvalue weighted by atomic mass is 10.2. The Hall–Kier alpha value is -2.83. The molecule has 0 amide bonds. The van der Waals surface area contributed by atoms with Crippen molar-refractivity contribution in [2.75, 3.05) is 12.8 Å². The lowest BCUT2D eigenvalue weighted by molar-refractivity contribution is -0.134. The van der Waals surface area contributed by atoms with Gasteiger partial charge in [0.15, 0.2) is 11.5 Å². The van der Waals surface area contributed by atoms with Crippen LogP contribution in [-0.4, -0.2) is 29.0 Å². The Bertz CT molecular complexity index is 707. The number of ether oxygens (including phenoxy) is 2. The molecule has 7 heteroatoms. The van der Waals surface area contributed by atoms with Gasteiger partial charge in [-0.2, -0.15) is 5.10 Å². The van der Waals surface area contributed by atoms with Gasteiger partial charge in [-0.25, -0.2) is 9.66 Å². The summed E-state index contributed by atoms with van der Waals surface area (Å²) in [5.41, 5.74) is 7.27. The first-order chi connectivity index (χ1) is 10.5. The van der Waals surface area contributed by atoms with Crippen LogP contribution in [0.2, 0.25) is 0 Å². The maximum absolute atomic E-state index is 11.4. The first-order valence-electron chi connectivity index (χ1n) is 6.78. The standard InChI is InChI=1S/C15H18N4O3/c1-4-14(20)22-12-6-5-11(7-13(12)21-3)8-17-19-9-10(2)18-15(19)16/h5-9H,4H2,1-3H3,(H2,16,18). The number of hydrogen-bond acceptors (Lipinski definition) is 6. The third-order valence-corrected chi connectivity index (χ3v) is 2.87. The SMILES string of the molecule is CCC(=O)Oc1ccc(C=Nn2cc(C)nc2N)cc1OC. The van der Waals surface area contributed by atoms with Gasteiger partial charge >= 0.3 is 5.97 Å². The quantitative estimate of drug-likeness (QED) is 0.518. The van der Waals surface area contributed by atoms with Crippen molar-refractivity contribution >= 4 is 18.1 Å². The van der Waals surface area contributed by atoms with Crippen LogP contribution >= 0.6 is 0 Å². The van der Waals surface area contributed by atoms with Crippen LogP contribution < -0.4 is 15.2 Å². The molecule has 0 saturated carbocycles. The van der Waals surface area contributed by atoms with Gasteiger partial charge in [-0.1, -0.05) is 6.92 Å². The van der Waals surface area contributed by atoms with Gasteiger partial charge in [0, 0.05) is 6.42 Å². The summed E-state index contributed by atoms with van der Waals surface area (Å²) in [4.78, 5) is 15.4. The van der Waals surface area contributed by atoms with Crippen molar-refractivity contribution in [2.45, 2.75) is 20.3 Å². The van der Waals surface area contributed by atoms with Crippen LogP contribution in [0.5, 0.6) is 11.5 Å². The van der Waals surface area contributed by atoms with Gasteiger partial charge in [0.05, 0.1) is 25.2 Å². The molecule has 0 aliphatic carbocycles. The van der Waals surface area contributed by atoms with Crippen molar-refractivity contribution in [2.24, 2.45) is 5.10 Å². The van der Waals surface area contributed by atoms with Gasteiger partial charge in [-0.15, -0.1) is 0 Å². The van der Waals surface area contributed by atoms with Crippen LogP contribution in [0.4, 0.5) is 5.95 Å². The van der Waals surface area contributed by atoms with Crippen LogP contribution in [0.25, 0.3) is 0 Å². The molecule has 1 heterocycles. The van der Waals surface area contributed by atoms with Gasteiger partial charge < -0.3 is 15.2 Å². The molecule has 116 valence electrons. The summed E-state index contributed by atoms with van der Waals surface area (Å²) in [5, 5.41) is 4.22. The number of anilines is 1. The molecule has 2 N–H and O–H groups in total. The molecule has 0 spiro atoms. The molecule has 2 rings (SSSR count). The number of carbonyl (C=O) groups excluding carboxylic acids is 1. The second-order valence-electron chi connectivity index (χ2n) is 4.57. The van der Waals surface area contributed by atoms with Crippen molar-refractivity contribution in [1.29, 1.82) is 0 Å². The third-order valence-electron chi connectivity index (χ3n) is 2.87. The summed E-state index contributed by atoms with van der Waals surface area (Å²) >= 11 is 0. The van der Waals surface area contributed by atoms with E-state index in [9.17, 15) is 4.79 Å². The number of hydrogen-bond donors (Lipinski definition) is 1. The largest absolute Gasteiger partial charge is 0.493 e. The molecular weight excluding hydrogens is 284 g/mol. The predicted octanol–water partition coefficient (Wildman–Crippen LogP) is 1.98. The molecule has 0 fully saturated rings. The number of nitrogens with two attached hydrogens (primary N) is 1. The first-order valence-corrected chi connectivity index (χ1v) is 6.78. The van der Waals surface area contributed by atoms with E-state index < -0.39 is 0 Å². The van der Waals surface area contributed by atoms with Gasteiger partial charge in [0.25, 0.3) is 0 Å². The Morgan fingerprint density at radius 1 is 1.45 bits per heavy atom. The Morgan fingerprint density at radius 3 is 2.82 bits per heavy atom. The van der Waals surface area contributed by atoms with Gasteiger partial charge in [-0.05, 0) is 30.7 Å². The lowest BCUT2D eigenvalue weighted by Gasteiger charge is -2.09. The number of benzene rings is 1. The van der Waals surface area contributed by atoms with E-state index in [4.69, 9.17) is 15.2 Å². The molecule has 0 bridgehead atoms. The summed E-state index contributed by atoms with van der Waals surface area (Å²) in [6, 6.07) is 5.16. The summed E-state index contributed by atoms with van der Waals surface area (Å²) in [5.74, 6) is 0.834. The number of esters is 1. The van der Waals surface area contributed by atoms with E-state index in [1.165, 1.54) is 11.8 Å². The summed E-state index contributed by atoms with van der Waals surface area (Å²) in [6.45, 7) is 3.57. The summed E-state index contributed by atoms with van der Waals surface area (Å²) < 4.78 is 11.9. The smallest absolute Gasteiger partial charge is 0.311 e. The van der Waals surface area contributed by atoms with Crippen LogP contribution in [0.1, 0.15) is 24.6 Å². The lowest BCUT2D eigenvalue weighted by Crippen LogP contribution is -2.06. The van der Waals surface area contributed by atoms with Crippen molar-refractivity contribution < 1.29 is 14.3 Å². The zero-order chi connectivity index (χ0) is 16.1. The van der Waals surface area contributed by atoms with E-state index in [1.807, 2.05) is 6.92 Å². The van der Waals surface area contributed by atoms with Crippen LogP contribution in [0.3, 0.4) is 0 Å². The zero-order valence-corrected chi connectivity index (χ0v) is 12.7. The minimum absolute atomic E-state index is 0.297. The molecule has 22 heavy (non-hydrogen) atoms. The number of aromatic nitrogens is 2. The van der Waals surface area contributed by atoms with Gasteiger partial charge in [-0.3, -0.25) is 4.79 Å². The fourth-order valence-corrected chi connectivity index (χ4v) is 1.77. The summed E-state index contributed by atoms with van der Waals surface area (Å²) in [7, 11) is 1.51. The first kappa shape index (κ1) is 15.6. The minimum atomic E-state index is -0.318. The van der Waals surface area contributed by atoms with E-state index in [0.29, 0.717) is 23.9 Å². The van der Waals surface area contributed by atoms with Crippen LogP contribution in [0, 0.1) is 6.92 Å². The Labute approximate surface area is 128 Å². The monoisotopic (exact) mass is 302 g/mol. The number of rotatable bonds is 5. The van der Waals surface area contributed by atoms with E-state index in [-0.39, 0.29) is 5.97 Å². The molecule has 0 radical (unpaired) electrons. The number of aryl methyl sites for hydroxylation is 1. The molecule has 0 saturated heterocycles. The predicted molar refractivity (Wildman–Crippen MR) is 83.3 cm³/mol. The second-order valence-corrected chi connectivity index (χ2v) is 4.57. The average Bonchev–Trinajstić information content (AvgIpc) is 2.83. The van der Waals surface area contributed by atoms with E-state index in [0.717, 1.165) is 11.3 Å². The average molecular weight is 302 g/mol. The number of nitrogens with zero attached hydrogens (tertiary/aromatic N) is 3. The van der Waals surface area contributed by atoms with Crippen molar-refractivity contribution in [3.05, 3.63) is 35.7 Å². The molecule has 0 aliphatic rings. The highest BCUT2D eigenvalue weighted by Crippen LogP contribution is 2.28. The number of nitrogen functional groups attached to an aromatic ring is 1. The normalized spacial score (nSPS) is 10.9. The Balaban J connectivity index is 2.22. The maximum Gasteiger partial charge on any atom is 0.311 e. The summed E-state index contributed by atoms with van der Waals surface area (Å²) in [6.07, 6.45) is 3.64. The van der Waals surface area contributed by atoms with Gasteiger partial charge in [0.1, 0.15) is 0 Å². The fraction of sp³-hybridized carbons (Fsp3) is 0.267. The minimum Gasteiger partial charge on any atom is -0.493 e. The Kier molecular flexibility index (Phi) is 4.77. The molecule has 1 aromatic heterocycles. The number of methoxy groups -OCH3 is 1. The molecule has 7 nitrogen and oxygen atoms in total. The van der Waals surface area contributed by atoms with E-state index >= 15 is 0 Å². The fourth-order valence-electron chi connectivity index (χ4n) is 1.77. The molecule has 0 unspecified atom stereocenters. The van der Waals surface area contributed by atoms with Crippen molar-refractivity contribution in [1.82, 2.24) is 9.66 Å². The highest BCUT2D eigenvalue weighted by molar-refractivity contribution is 5.81. The highest BCUT2D eigenvalue weighted by atomic mass is 16.6. The Morgan fingerprint density at radius 2 is 2.23 bits per heavy atom. The van der Waals surface area contributed by atoms with Crippen LogP contribution in [-0.2, 0) is 4.79 Å². The van der Waals surface area contributed by atoms with Crippen molar-refractivity contribution in [3.8, 4) is 11.5 Å². The highest BCUT2D eigenvalue weighted by Gasteiger charge is 2.09. The van der Waals surface area contributed by atoms with Crippen molar-refractivity contribution in [3.63, 3.8) is 0 Å². The zero-order valence-electron chi connectivity index (χ0n) is 12.7. The van der Waals surface area contributed by atoms with E-state index in [1.54, 1.807) is 37.5 Å². The van der Waals surface area contributed by atoms with E-state index in [2.05, 4.69) is 10.1 Å². The molecule has 0 atom stereocenters.